The molecule has 0 aliphatic carbocycles. The van der Waals surface area contributed by atoms with Crippen molar-refractivity contribution < 1.29 is 80.2 Å². The molecule has 0 aromatic carbocycles. The summed E-state index contributed by atoms with van der Waals surface area (Å²) in [6.07, 6.45) is 71.1. The summed E-state index contributed by atoms with van der Waals surface area (Å²) < 4.78 is 68.7. The molecule has 17 nitrogen and oxygen atoms in total. The van der Waals surface area contributed by atoms with Crippen LogP contribution in [0.25, 0.3) is 0 Å². The molecular formula is C81H152O17P2. The van der Waals surface area contributed by atoms with Gasteiger partial charge in [-0.1, -0.05) is 347 Å². The van der Waals surface area contributed by atoms with Crippen LogP contribution >= 0.6 is 15.6 Å². The van der Waals surface area contributed by atoms with Crippen molar-refractivity contribution in [3.05, 3.63) is 36.5 Å². The van der Waals surface area contributed by atoms with Crippen LogP contribution in [-0.2, 0) is 65.4 Å². The van der Waals surface area contributed by atoms with Crippen LogP contribution in [0.5, 0.6) is 0 Å². The number of phosphoric ester groups is 2. The molecule has 5 unspecified atom stereocenters. The fraction of sp³-hybridized carbons (Fsp3) is 0.877. The van der Waals surface area contributed by atoms with Crippen LogP contribution in [0.15, 0.2) is 36.5 Å². The summed E-state index contributed by atoms with van der Waals surface area (Å²) in [5.74, 6) is -2.14. The zero-order valence-corrected chi connectivity index (χ0v) is 66.2. The number of hydrogen-bond acceptors (Lipinski definition) is 15. The van der Waals surface area contributed by atoms with Crippen LogP contribution < -0.4 is 0 Å². The molecule has 588 valence electrons. The average molecular weight is 1460 g/mol. The van der Waals surface area contributed by atoms with Crippen molar-refractivity contribution in [3.8, 4) is 0 Å². The zero-order valence-electron chi connectivity index (χ0n) is 64.4. The van der Waals surface area contributed by atoms with Crippen molar-refractivity contribution in [2.24, 2.45) is 0 Å². The third-order valence-electron chi connectivity index (χ3n) is 18.1. The first-order valence-electron chi connectivity index (χ1n) is 41.2. The Kier molecular flexibility index (Phi) is 72.5. The number of carbonyl (C=O) groups is 4. The van der Waals surface area contributed by atoms with Gasteiger partial charge in [-0.3, -0.25) is 37.3 Å². The fourth-order valence-electron chi connectivity index (χ4n) is 11.8. The van der Waals surface area contributed by atoms with E-state index in [1.54, 1.807) is 0 Å². The average Bonchev–Trinajstić information content (AvgIpc) is 0.953. The van der Waals surface area contributed by atoms with Crippen LogP contribution in [0.1, 0.15) is 400 Å². The van der Waals surface area contributed by atoms with Crippen LogP contribution in [-0.4, -0.2) is 96.7 Å². The molecule has 0 saturated heterocycles. The van der Waals surface area contributed by atoms with E-state index in [0.717, 1.165) is 128 Å². The maximum atomic E-state index is 13.1. The van der Waals surface area contributed by atoms with Crippen LogP contribution in [0.4, 0.5) is 0 Å². The summed E-state index contributed by atoms with van der Waals surface area (Å²) in [6, 6.07) is 0. The first-order chi connectivity index (χ1) is 48.7. The van der Waals surface area contributed by atoms with Gasteiger partial charge in [0.25, 0.3) is 0 Å². The van der Waals surface area contributed by atoms with Gasteiger partial charge < -0.3 is 33.8 Å². The molecule has 0 saturated carbocycles. The number of hydrogen-bond donors (Lipinski definition) is 3. The molecule has 0 amide bonds. The molecular weight excluding hydrogens is 1310 g/mol. The molecule has 0 aromatic heterocycles. The van der Waals surface area contributed by atoms with Crippen molar-refractivity contribution in [1.29, 1.82) is 0 Å². The van der Waals surface area contributed by atoms with E-state index < -0.39 is 97.5 Å². The molecule has 19 heteroatoms. The number of rotatable bonds is 79. The predicted molar refractivity (Wildman–Crippen MR) is 409 cm³/mol. The number of aliphatic hydroxyl groups excluding tert-OH is 1. The highest BCUT2D eigenvalue weighted by atomic mass is 31.2. The maximum absolute atomic E-state index is 13.1. The largest absolute Gasteiger partial charge is 0.472 e. The van der Waals surface area contributed by atoms with Crippen molar-refractivity contribution in [2.75, 3.05) is 39.6 Å². The van der Waals surface area contributed by atoms with E-state index in [1.165, 1.54) is 193 Å². The van der Waals surface area contributed by atoms with E-state index in [4.69, 9.17) is 37.0 Å². The Hall–Kier alpha value is -2.72. The minimum atomic E-state index is -4.97. The predicted octanol–water partition coefficient (Wildman–Crippen LogP) is 23.9. The zero-order chi connectivity index (χ0) is 73.2. The van der Waals surface area contributed by atoms with Crippen LogP contribution in [0.3, 0.4) is 0 Å². The van der Waals surface area contributed by atoms with Gasteiger partial charge in [0.2, 0.25) is 0 Å². The molecule has 0 spiro atoms. The van der Waals surface area contributed by atoms with Crippen molar-refractivity contribution in [2.45, 2.75) is 418 Å². The number of esters is 4. The fourth-order valence-corrected chi connectivity index (χ4v) is 13.4. The molecule has 0 radical (unpaired) electrons. The number of ether oxygens (including phenoxy) is 4. The van der Waals surface area contributed by atoms with E-state index >= 15 is 0 Å². The highest BCUT2D eigenvalue weighted by molar-refractivity contribution is 7.47. The number of unbranched alkanes of at least 4 members (excludes halogenated alkanes) is 47. The smallest absolute Gasteiger partial charge is 0.462 e. The first-order valence-corrected chi connectivity index (χ1v) is 44.2. The van der Waals surface area contributed by atoms with E-state index in [9.17, 15) is 43.2 Å². The van der Waals surface area contributed by atoms with E-state index in [0.29, 0.717) is 25.7 Å². The molecule has 3 N–H and O–H groups in total. The van der Waals surface area contributed by atoms with Gasteiger partial charge in [-0.05, 0) is 64.2 Å². The topological polar surface area (TPSA) is 237 Å². The summed E-state index contributed by atoms with van der Waals surface area (Å²) in [5, 5.41) is 10.6. The third kappa shape index (κ3) is 73.6. The highest BCUT2D eigenvalue weighted by Gasteiger charge is 2.30. The lowest BCUT2D eigenvalue weighted by Crippen LogP contribution is -2.30. The van der Waals surface area contributed by atoms with Crippen molar-refractivity contribution in [1.82, 2.24) is 0 Å². The Bertz CT molecular complexity index is 2040. The monoisotopic (exact) mass is 1460 g/mol. The van der Waals surface area contributed by atoms with Gasteiger partial charge in [0.1, 0.15) is 19.3 Å². The van der Waals surface area contributed by atoms with Crippen LogP contribution in [0, 0.1) is 0 Å². The second kappa shape index (κ2) is 74.5. The van der Waals surface area contributed by atoms with E-state index in [-0.39, 0.29) is 25.7 Å². The van der Waals surface area contributed by atoms with Gasteiger partial charge in [-0.25, -0.2) is 9.13 Å². The quantitative estimate of drug-likeness (QED) is 0.0169. The molecule has 0 aliphatic heterocycles. The second-order valence-corrected chi connectivity index (χ2v) is 31.0. The standard InChI is InChI=1S/C81H152O17P2/c1-5-9-13-17-21-25-29-32-35-36-37-38-41-43-47-50-54-58-62-66-79(84)91-71-76(97-80(85)67-63-59-55-51-45-28-24-20-16-12-8-4)73-95-99(87,88)93-69-75(82)70-94-100(89,90)96-74-77(98-81(86)68-64-60-56-52-48-44-40-34-31-27-23-19-15-11-7-3)72-92-78(83)65-61-57-53-49-46-42-39-33-30-26-22-18-14-10-6-2/h21,25,32,35,37-38,75-77,82H,5-20,22-24,26-31,33-34,36,39-74H2,1-4H3,(H,87,88)(H,89,90)/b25-21-,35-32-,38-37-. The Morgan fingerprint density at radius 2 is 0.490 bits per heavy atom. The second-order valence-electron chi connectivity index (χ2n) is 28.1. The van der Waals surface area contributed by atoms with Gasteiger partial charge in [-0.2, -0.15) is 0 Å². The van der Waals surface area contributed by atoms with E-state index in [2.05, 4.69) is 64.2 Å². The number of phosphoric acid groups is 2. The molecule has 0 aromatic rings. The lowest BCUT2D eigenvalue weighted by Gasteiger charge is -2.21. The molecule has 0 bridgehead atoms. The Labute approximate surface area is 611 Å². The maximum Gasteiger partial charge on any atom is 0.472 e. The minimum Gasteiger partial charge on any atom is -0.462 e. The summed E-state index contributed by atoms with van der Waals surface area (Å²) in [6.45, 7) is 4.94. The van der Waals surface area contributed by atoms with Gasteiger partial charge in [0.15, 0.2) is 12.2 Å². The highest BCUT2D eigenvalue weighted by Crippen LogP contribution is 2.45. The third-order valence-corrected chi connectivity index (χ3v) is 20.0. The van der Waals surface area contributed by atoms with Crippen LogP contribution in [0.2, 0.25) is 0 Å². The SMILES string of the molecule is CCCCC/C=C\C/C=C\C/C=C\CCCCCCCCC(=O)OCC(COP(=O)(O)OCC(O)COP(=O)(O)OCC(COC(=O)CCCCCCCCCCCCCCCCC)OC(=O)CCCCCCCCCCCCCCCCC)OC(=O)CCCCCCCCCCCCC. The van der Waals surface area contributed by atoms with Crippen molar-refractivity contribution in [3.63, 3.8) is 0 Å². The summed E-state index contributed by atoms with van der Waals surface area (Å²) in [7, 11) is -9.93. The normalized spacial score (nSPS) is 14.0. The summed E-state index contributed by atoms with van der Waals surface area (Å²) in [5.41, 5.74) is 0. The summed E-state index contributed by atoms with van der Waals surface area (Å²) in [4.78, 5) is 73.0. The molecule has 0 heterocycles. The Morgan fingerprint density at radius 1 is 0.280 bits per heavy atom. The van der Waals surface area contributed by atoms with E-state index in [1.807, 2.05) is 0 Å². The van der Waals surface area contributed by atoms with Gasteiger partial charge >= 0.3 is 39.5 Å². The van der Waals surface area contributed by atoms with Gasteiger partial charge in [-0.15, -0.1) is 0 Å². The lowest BCUT2D eigenvalue weighted by molar-refractivity contribution is -0.161. The molecule has 0 rings (SSSR count). The Morgan fingerprint density at radius 3 is 0.770 bits per heavy atom. The lowest BCUT2D eigenvalue weighted by atomic mass is 10.0. The summed E-state index contributed by atoms with van der Waals surface area (Å²) >= 11 is 0. The number of aliphatic hydroxyl groups is 1. The minimum absolute atomic E-state index is 0.100. The molecule has 0 aliphatic rings. The Balaban J connectivity index is 5.26. The number of allylic oxidation sites excluding steroid dienone is 6. The molecule has 100 heavy (non-hydrogen) atoms. The van der Waals surface area contributed by atoms with Crippen molar-refractivity contribution >= 4 is 39.5 Å². The van der Waals surface area contributed by atoms with Gasteiger partial charge in [0.05, 0.1) is 26.4 Å². The number of carbonyl (C=O) groups excluding carboxylic acids is 4. The molecule has 0 fully saturated rings. The van der Waals surface area contributed by atoms with Gasteiger partial charge in [0, 0.05) is 25.7 Å². The first kappa shape index (κ1) is 97.3. The molecule has 5 atom stereocenters.